The molecule has 0 aliphatic carbocycles. The zero-order valence-electron chi connectivity index (χ0n) is 10.1. The van der Waals surface area contributed by atoms with E-state index < -0.39 is 16.0 Å². The molecule has 0 fully saturated rings. The Labute approximate surface area is 115 Å². The van der Waals surface area contributed by atoms with Gasteiger partial charge in [0, 0.05) is 18.1 Å². The molecule has 0 bridgehead atoms. The van der Waals surface area contributed by atoms with Crippen LogP contribution in [0.25, 0.3) is 0 Å². The summed E-state index contributed by atoms with van der Waals surface area (Å²) in [6, 6.07) is 4.85. The van der Waals surface area contributed by atoms with Crippen molar-refractivity contribution in [1.82, 2.24) is 4.31 Å². The summed E-state index contributed by atoms with van der Waals surface area (Å²) < 4.78 is 26.0. The lowest BCUT2D eigenvalue weighted by atomic mass is 10.2. The van der Waals surface area contributed by atoms with Crippen LogP contribution >= 0.6 is 15.9 Å². The van der Waals surface area contributed by atoms with Crippen molar-refractivity contribution in [3.8, 4) is 0 Å². The van der Waals surface area contributed by atoms with Crippen LogP contribution in [-0.4, -0.2) is 37.4 Å². The number of aryl methyl sites for hydroxylation is 1. The van der Waals surface area contributed by atoms with Crippen molar-refractivity contribution in [3.63, 3.8) is 0 Å². The second kappa shape index (κ2) is 5.81. The summed E-state index contributed by atoms with van der Waals surface area (Å²) in [5.41, 5.74) is 0.814. The molecule has 0 saturated carbocycles. The zero-order chi connectivity index (χ0) is 13.9. The highest BCUT2D eigenvalue weighted by atomic mass is 79.9. The van der Waals surface area contributed by atoms with Gasteiger partial charge in [-0.15, -0.1) is 0 Å². The lowest BCUT2D eigenvalue weighted by Crippen LogP contribution is -2.29. The van der Waals surface area contributed by atoms with Crippen molar-refractivity contribution in [3.05, 3.63) is 28.2 Å². The minimum atomic E-state index is -3.64. The molecule has 0 unspecified atom stereocenters. The summed E-state index contributed by atoms with van der Waals surface area (Å²) in [7, 11) is -2.27. The first kappa shape index (κ1) is 15.1. The van der Waals surface area contributed by atoms with Crippen molar-refractivity contribution in [1.29, 1.82) is 0 Å². The molecule has 7 heteroatoms. The molecule has 0 saturated heterocycles. The van der Waals surface area contributed by atoms with E-state index in [4.69, 9.17) is 5.11 Å². The average molecular weight is 336 g/mol. The van der Waals surface area contributed by atoms with Crippen LogP contribution in [0.5, 0.6) is 0 Å². The fourth-order valence-corrected chi connectivity index (χ4v) is 3.47. The lowest BCUT2D eigenvalue weighted by molar-refractivity contribution is -0.137. The molecular formula is C11H14BrNO4S. The van der Waals surface area contributed by atoms with Crippen LogP contribution in [0.3, 0.4) is 0 Å². The lowest BCUT2D eigenvalue weighted by Gasteiger charge is -2.16. The highest BCUT2D eigenvalue weighted by Gasteiger charge is 2.21. The Morgan fingerprint density at radius 2 is 2.00 bits per heavy atom. The molecule has 0 radical (unpaired) electrons. The fraction of sp³-hybridized carbons (Fsp3) is 0.364. The Morgan fingerprint density at radius 3 is 2.50 bits per heavy atom. The summed E-state index contributed by atoms with van der Waals surface area (Å²) in [6.45, 7) is 1.74. The van der Waals surface area contributed by atoms with Gasteiger partial charge in [-0.2, -0.15) is 0 Å². The molecule has 18 heavy (non-hydrogen) atoms. The molecule has 1 aromatic carbocycles. The predicted molar refractivity (Wildman–Crippen MR) is 70.9 cm³/mol. The summed E-state index contributed by atoms with van der Waals surface area (Å²) in [5.74, 6) is -1.03. The fourth-order valence-electron chi connectivity index (χ4n) is 1.40. The Bertz CT molecular complexity index is 536. The van der Waals surface area contributed by atoms with Gasteiger partial charge < -0.3 is 5.11 Å². The normalized spacial score (nSPS) is 11.8. The summed E-state index contributed by atoms with van der Waals surface area (Å²) in [6.07, 6.45) is -0.220. The molecule has 0 spiro atoms. The predicted octanol–water partition coefficient (Wildman–Crippen LogP) is 1.85. The molecule has 1 aromatic rings. The molecule has 1 rings (SSSR count). The summed E-state index contributed by atoms with van der Waals surface area (Å²) in [5, 5.41) is 8.56. The number of sulfonamides is 1. The largest absolute Gasteiger partial charge is 0.481 e. The van der Waals surface area contributed by atoms with E-state index >= 15 is 0 Å². The van der Waals surface area contributed by atoms with Gasteiger partial charge in [0.2, 0.25) is 10.0 Å². The summed E-state index contributed by atoms with van der Waals surface area (Å²) >= 11 is 3.24. The number of aliphatic carboxylic acids is 1. The topological polar surface area (TPSA) is 74.7 Å². The van der Waals surface area contributed by atoms with Crippen molar-refractivity contribution < 1.29 is 18.3 Å². The van der Waals surface area contributed by atoms with E-state index in [9.17, 15) is 13.2 Å². The Hall–Kier alpha value is -0.920. The van der Waals surface area contributed by atoms with Gasteiger partial charge in [0.1, 0.15) is 0 Å². The van der Waals surface area contributed by atoms with Crippen LogP contribution in [0.4, 0.5) is 0 Å². The smallest absolute Gasteiger partial charge is 0.304 e. The van der Waals surface area contributed by atoms with Crippen LogP contribution in [0.1, 0.15) is 12.0 Å². The van der Waals surface area contributed by atoms with Gasteiger partial charge >= 0.3 is 5.97 Å². The summed E-state index contributed by atoms with van der Waals surface area (Å²) in [4.78, 5) is 10.6. The van der Waals surface area contributed by atoms with Crippen molar-refractivity contribution in [2.24, 2.45) is 0 Å². The zero-order valence-corrected chi connectivity index (χ0v) is 12.5. The minimum Gasteiger partial charge on any atom is -0.481 e. The highest BCUT2D eigenvalue weighted by molar-refractivity contribution is 9.10. The Morgan fingerprint density at radius 1 is 1.39 bits per heavy atom. The molecule has 1 N–H and O–H groups in total. The number of nitrogens with zero attached hydrogens (tertiary/aromatic N) is 1. The number of hydrogen-bond donors (Lipinski definition) is 1. The van der Waals surface area contributed by atoms with E-state index in [1.807, 2.05) is 0 Å². The quantitative estimate of drug-likeness (QED) is 0.891. The van der Waals surface area contributed by atoms with E-state index in [0.29, 0.717) is 4.47 Å². The van der Waals surface area contributed by atoms with Crippen LogP contribution < -0.4 is 0 Å². The highest BCUT2D eigenvalue weighted by Crippen LogP contribution is 2.21. The SMILES string of the molecule is Cc1cc(Br)cc(S(=O)(=O)N(C)CCC(=O)O)c1. The van der Waals surface area contributed by atoms with Crippen molar-refractivity contribution in [2.75, 3.05) is 13.6 Å². The number of rotatable bonds is 5. The standard InChI is InChI=1S/C11H14BrNO4S/c1-8-5-9(12)7-10(6-8)18(16,17)13(2)4-3-11(14)15/h5-7H,3-4H2,1-2H3,(H,14,15). The first-order valence-electron chi connectivity index (χ1n) is 5.19. The number of hydrogen-bond acceptors (Lipinski definition) is 3. The van der Waals surface area contributed by atoms with Gasteiger partial charge in [0.25, 0.3) is 0 Å². The third kappa shape index (κ3) is 3.79. The second-order valence-corrected chi connectivity index (χ2v) is 6.90. The monoisotopic (exact) mass is 335 g/mol. The van der Waals surface area contributed by atoms with Crippen LogP contribution in [-0.2, 0) is 14.8 Å². The number of carboxylic acids is 1. The minimum absolute atomic E-state index is 0.0524. The number of carboxylic acid groups (broad SMARTS) is 1. The van der Waals surface area contributed by atoms with Crippen LogP contribution in [0.2, 0.25) is 0 Å². The van der Waals surface area contributed by atoms with Crippen LogP contribution in [0, 0.1) is 6.92 Å². The van der Waals surface area contributed by atoms with E-state index in [-0.39, 0.29) is 17.9 Å². The van der Waals surface area contributed by atoms with Crippen LogP contribution in [0.15, 0.2) is 27.6 Å². The number of benzene rings is 1. The molecule has 0 heterocycles. The maximum Gasteiger partial charge on any atom is 0.304 e. The van der Waals surface area contributed by atoms with Gasteiger partial charge in [-0.25, -0.2) is 12.7 Å². The molecule has 5 nitrogen and oxygen atoms in total. The van der Waals surface area contributed by atoms with Crippen molar-refractivity contribution in [2.45, 2.75) is 18.2 Å². The van der Waals surface area contributed by atoms with Gasteiger partial charge in [-0.3, -0.25) is 4.79 Å². The molecule has 0 aliphatic rings. The van der Waals surface area contributed by atoms with E-state index in [1.54, 1.807) is 19.1 Å². The molecule has 100 valence electrons. The Balaban J connectivity index is 3.01. The Kier molecular flexibility index (Phi) is 4.89. The molecular weight excluding hydrogens is 322 g/mol. The third-order valence-corrected chi connectivity index (χ3v) is 4.66. The maximum atomic E-state index is 12.2. The average Bonchev–Trinajstić information content (AvgIpc) is 2.24. The first-order valence-corrected chi connectivity index (χ1v) is 7.42. The second-order valence-electron chi connectivity index (χ2n) is 3.93. The number of halogens is 1. The van der Waals surface area contributed by atoms with E-state index in [2.05, 4.69) is 15.9 Å². The van der Waals surface area contributed by atoms with Gasteiger partial charge in [-0.05, 0) is 30.7 Å². The molecule has 0 atom stereocenters. The van der Waals surface area contributed by atoms with E-state index in [1.165, 1.54) is 13.1 Å². The first-order chi connectivity index (χ1) is 8.23. The van der Waals surface area contributed by atoms with Gasteiger partial charge in [-0.1, -0.05) is 15.9 Å². The van der Waals surface area contributed by atoms with E-state index in [0.717, 1.165) is 9.87 Å². The maximum absolute atomic E-state index is 12.2. The van der Waals surface area contributed by atoms with Gasteiger partial charge in [0.05, 0.1) is 11.3 Å². The molecule has 0 aliphatic heterocycles. The molecule has 0 amide bonds. The number of carbonyl (C=O) groups is 1. The molecule has 0 aromatic heterocycles. The van der Waals surface area contributed by atoms with Gasteiger partial charge in [0.15, 0.2) is 0 Å². The van der Waals surface area contributed by atoms with Crippen molar-refractivity contribution >= 4 is 31.9 Å². The third-order valence-electron chi connectivity index (χ3n) is 2.36.